The summed E-state index contributed by atoms with van der Waals surface area (Å²) >= 11 is 0. The zero-order valence-corrected chi connectivity index (χ0v) is 15.5. The molecule has 2 rings (SSSR count). The molecule has 2 aliphatic rings. The van der Waals surface area contributed by atoms with Gasteiger partial charge in [-0.1, -0.05) is 12.2 Å². The third-order valence-corrected chi connectivity index (χ3v) is 4.99. The van der Waals surface area contributed by atoms with E-state index in [1.807, 2.05) is 36.3 Å². The maximum atomic E-state index is 12.4. The number of carbonyl (C=O) groups excluding carboxylic acids is 2. The largest absolute Gasteiger partial charge is 0.465 e. The van der Waals surface area contributed by atoms with Crippen LogP contribution in [0.25, 0.3) is 0 Å². The summed E-state index contributed by atoms with van der Waals surface area (Å²) in [4.78, 5) is 28.5. The first-order valence-electron chi connectivity index (χ1n) is 8.75. The fourth-order valence-electron chi connectivity index (χ4n) is 4.13. The van der Waals surface area contributed by atoms with E-state index in [0.29, 0.717) is 13.0 Å². The van der Waals surface area contributed by atoms with E-state index in [9.17, 15) is 9.59 Å². The standard InChI is InChI=1S/C19H30N2O3/c1-6-24-17(23)14-21-18(2,3)12-15(13-19(21,4)5)20-11-9-7-8-10-16(20)22/h7-9,11,15H,6,10,12-14H2,1-5H3. The number of rotatable bonds is 4. The summed E-state index contributed by atoms with van der Waals surface area (Å²) < 4.78 is 5.14. The van der Waals surface area contributed by atoms with Gasteiger partial charge in [-0.2, -0.15) is 0 Å². The molecule has 0 bridgehead atoms. The average molecular weight is 334 g/mol. The van der Waals surface area contributed by atoms with Crippen LogP contribution < -0.4 is 0 Å². The molecule has 0 spiro atoms. The van der Waals surface area contributed by atoms with E-state index in [1.54, 1.807) is 0 Å². The molecule has 1 fully saturated rings. The van der Waals surface area contributed by atoms with Gasteiger partial charge < -0.3 is 9.64 Å². The summed E-state index contributed by atoms with van der Waals surface area (Å²) in [5.41, 5.74) is -0.403. The van der Waals surface area contributed by atoms with E-state index in [2.05, 4.69) is 32.6 Å². The number of hydrogen-bond acceptors (Lipinski definition) is 4. The Morgan fingerprint density at radius 3 is 2.42 bits per heavy atom. The normalized spacial score (nSPS) is 24.0. The highest BCUT2D eigenvalue weighted by Crippen LogP contribution is 2.40. The molecule has 2 aliphatic heterocycles. The van der Waals surface area contributed by atoms with E-state index in [-0.39, 0.29) is 35.5 Å². The van der Waals surface area contributed by atoms with Gasteiger partial charge in [-0.3, -0.25) is 14.5 Å². The van der Waals surface area contributed by atoms with Gasteiger partial charge in [-0.15, -0.1) is 0 Å². The van der Waals surface area contributed by atoms with E-state index in [1.165, 1.54) is 0 Å². The Morgan fingerprint density at radius 2 is 1.83 bits per heavy atom. The van der Waals surface area contributed by atoms with Gasteiger partial charge in [0.25, 0.3) is 0 Å². The Hall–Kier alpha value is -1.62. The molecule has 0 aromatic carbocycles. The number of likely N-dealkylation sites (tertiary alicyclic amines) is 1. The molecule has 0 aromatic heterocycles. The zero-order valence-electron chi connectivity index (χ0n) is 15.5. The topological polar surface area (TPSA) is 49.9 Å². The highest BCUT2D eigenvalue weighted by molar-refractivity contribution is 5.79. The lowest BCUT2D eigenvalue weighted by Crippen LogP contribution is -2.65. The average Bonchev–Trinajstić information content (AvgIpc) is 2.67. The van der Waals surface area contributed by atoms with E-state index in [4.69, 9.17) is 4.74 Å². The first-order chi connectivity index (χ1) is 11.2. The van der Waals surface area contributed by atoms with Crippen LogP contribution in [0.3, 0.4) is 0 Å². The molecule has 1 saturated heterocycles. The van der Waals surface area contributed by atoms with Crippen LogP contribution in [0.5, 0.6) is 0 Å². The van der Waals surface area contributed by atoms with Crippen LogP contribution in [0.4, 0.5) is 0 Å². The molecule has 0 aliphatic carbocycles. The van der Waals surface area contributed by atoms with Crippen LogP contribution in [0.15, 0.2) is 24.4 Å². The number of carbonyl (C=O) groups is 2. The summed E-state index contributed by atoms with van der Waals surface area (Å²) in [5, 5.41) is 0. The summed E-state index contributed by atoms with van der Waals surface area (Å²) in [6, 6.07) is 0.136. The van der Waals surface area contributed by atoms with Crippen molar-refractivity contribution >= 4 is 11.9 Å². The van der Waals surface area contributed by atoms with Crippen molar-refractivity contribution in [1.82, 2.24) is 9.80 Å². The van der Waals surface area contributed by atoms with Crippen LogP contribution in [-0.4, -0.2) is 51.9 Å². The third-order valence-electron chi connectivity index (χ3n) is 4.99. The van der Waals surface area contributed by atoms with Crippen molar-refractivity contribution in [3.05, 3.63) is 24.4 Å². The van der Waals surface area contributed by atoms with Crippen molar-refractivity contribution in [2.24, 2.45) is 0 Å². The second kappa shape index (κ2) is 7.09. The Labute approximate surface area is 145 Å². The lowest BCUT2D eigenvalue weighted by atomic mass is 9.76. The predicted octanol–water partition coefficient (Wildman–Crippen LogP) is 2.87. The van der Waals surface area contributed by atoms with Crippen LogP contribution in [0.2, 0.25) is 0 Å². The molecule has 134 valence electrons. The van der Waals surface area contributed by atoms with Gasteiger partial charge in [0, 0.05) is 29.7 Å². The summed E-state index contributed by atoms with van der Waals surface area (Å²) in [6.45, 7) is 11.1. The molecular weight excluding hydrogens is 304 g/mol. The Morgan fingerprint density at radius 1 is 1.21 bits per heavy atom. The summed E-state index contributed by atoms with van der Waals surface area (Å²) in [6.07, 6.45) is 9.73. The maximum Gasteiger partial charge on any atom is 0.320 e. The minimum atomic E-state index is -0.201. The van der Waals surface area contributed by atoms with Crippen molar-refractivity contribution in [2.75, 3.05) is 13.2 Å². The predicted molar refractivity (Wildman–Crippen MR) is 94.3 cm³/mol. The van der Waals surface area contributed by atoms with E-state index in [0.717, 1.165) is 12.8 Å². The lowest BCUT2D eigenvalue weighted by molar-refractivity contribution is -0.153. The molecule has 24 heavy (non-hydrogen) atoms. The van der Waals surface area contributed by atoms with Gasteiger partial charge in [0.1, 0.15) is 0 Å². The number of nitrogens with zero attached hydrogens (tertiary/aromatic N) is 2. The second-order valence-corrected chi connectivity index (χ2v) is 7.85. The highest BCUT2D eigenvalue weighted by Gasteiger charge is 2.47. The molecule has 5 nitrogen and oxygen atoms in total. The number of amides is 1. The summed E-state index contributed by atoms with van der Waals surface area (Å²) in [7, 11) is 0. The van der Waals surface area contributed by atoms with Crippen LogP contribution >= 0.6 is 0 Å². The van der Waals surface area contributed by atoms with Crippen molar-refractivity contribution in [3.8, 4) is 0 Å². The Bertz CT molecular complexity index is 531. The van der Waals surface area contributed by atoms with Crippen molar-refractivity contribution < 1.29 is 14.3 Å². The van der Waals surface area contributed by atoms with E-state index < -0.39 is 0 Å². The van der Waals surface area contributed by atoms with Crippen LogP contribution in [0, 0.1) is 0 Å². The fraction of sp³-hybridized carbons (Fsp3) is 0.684. The van der Waals surface area contributed by atoms with E-state index >= 15 is 0 Å². The van der Waals surface area contributed by atoms with Gasteiger partial charge in [0.2, 0.25) is 5.91 Å². The van der Waals surface area contributed by atoms with Gasteiger partial charge in [0.15, 0.2) is 0 Å². The van der Waals surface area contributed by atoms with Crippen molar-refractivity contribution in [2.45, 2.75) is 71.0 Å². The number of esters is 1. The quantitative estimate of drug-likeness (QED) is 0.742. The van der Waals surface area contributed by atoms with Gasteiger partial charge in [-0.25, -0.2) is 0 Å². The molecule has 1 amide bonds. The smallest absolute Gasteiger partial charge is 0.320 e. The minimum Gasteiger partial charge on any atom is -0.465 e. The number of allylic oxidation sites excluding steroid dienone is 2. The fourth-order valence-corrected chi connectivity index (χ4v) is 4.13. The lowest BCUT2D eigenvalue weighted by Gasteiger charge is -2.56. The van der Waals surface area contributed by atoms with Gasteiger partial charge in [0.05, 0.1) is 13.2 Å². The zero-order chi connectivity index (χ0) is 18.0. The molecule has 0 atom stereocenters. The van der Waals surface area contributed by atoms with Crippen molar-refractivity contribution in [3.63, 3.8) is 0 Å². The van der Waals surface area contributed by atoms with Crippen LogP contribution in [-0.2, 0) is 14.3 Å². The molecule has 5 heteroatoms. The number of piperidine rings is 1. The molecule has 2 heterocycles. The Kier molecular flexibility index (Phi) is 5.53. The van der Waals surface area contributed by atoms with Crippen molar-refractivity contribution in [1.29, 1.82) is 0 Å². The van der Waals surface area contributed by atoms with Gasteiger partial charge in [-0.05, 0) is 53.5 Å². The van der Waals surface area contributed by atoms with Crippen LogP contribution in [0.1, 0.15) is 53.9 Å². The first-order valence-corrected chi connectivity index (χ1v) is 8.75. The Balaban J connectivity index is 2.19. The molecule has 0 radical (unpaired) electrons. The first kappa shape index (κ1) is 18.7. The highest BCUT2D eigenvalue weighted by atomic mass is 16.5. The summed E-state index contributed by atoms with van der Waals surface area (Å²) in [5.74, 6) is -0.0533. The third kappa shape index (κ3) is 4.07. The minimum absolute atomic E-state index is 0.135. The molecular formula is C19H30N2O3. The SMILES string of the molecule is CCOC(=O)CN1C(C)(C)CC(N2C=CC=CCC2=O)CC1(C)C. The maximum absolute atomic E-state index is 12.4. The molecule has 0 unspecified atom stereocenters. The second-order valence-electron chi connectivity index (χ2n) is 7.85. The molecule has 0 saturated carbocycles. The van der Waals surface area contributed by atoms with Gasteiger partial charge >= 0.3 is 5.97 Å². The number of hydrogen-bond donors (Lipinski definition) is 0. The molecule has 0 aromatic rings. The molecule has 0 N–H and O–H groups in total. The monoisotopic (exact) mass is 334 g/mol. The number of ether oxygens (including phenoxy) is 1.